The van der Waals surface area contributed by atoms with Crippen LogP contribution in [-0.4, -0.2) is 29.0 Å². The molecule has 28 heavy (non-hydrogen) atoms. The topological polar surface area (TPSA) is 93.2 Å². The van der Waals surface area contributed by atoms with Gasteiger partial charge in [0.05, 0.1) is 18.4 Å². The smallest absolute Gasteiger partial charge is 0.337 e. The number of carbonyl (C=O) groups is 2. The summed E-state index contributed by atoms with van der Waals surface area (Å²) in [5, 5.41) is 5.43. The molecule has 0 radical (unpaired) electrons. The van der Waals surface area contributed by atoms with E-state index >= 15 is 0 Å². The minimum Gasteiger partial charge on any atom is -0.465 e. The number of amides is 1. The highest BCUT2D eigenvalue weighted by Crippen LogP contribution is 2.18. The number of hydrogen-bond acceptors (Lipinski definition) is 6. The molecule has 1 heterocycles. The Hall–Kier alpha value is -3.81. The molecule has 0 saturated heterocycles. The Morgan fingerprint density at radius 1 is 1.04 bits per heavy atom. The van der Waals surface area contributed by atoms with Crippen molar-refractivity contribution in [1.82, 2.24) is 9.97 Å². The fraction of sp³-hybridized carbons (Fsp3) is 0.100. The van der Waals surface area contributed by atoms with Crippen molar-refractivity contribution in [3.8, 4) is 0 Å². The standard InChI is InChI=1S/C20H17FN4O3/c1-12-10-17(18(26)24-16-9-4-3-8-15(16)21)25-20(22-12)23-14-7-5-6-13(11-14)19(27)28-2/h3-11H,1-2H3,(H,24,26)(H,22,23,25). The first kappa shape index (κ1) is 19.0. The van der Waals surface area contributed by atoms with Crippen molar-refractivity contribution in [1.29, 1.82) is 0 Å². The van der Waals surface area contributed by atoms with Gasteiger partial charge >= 0.3 is 5.97 Å². The van der Waals surface area contributed by atoms with Gasteiger partial charge in [0.2, 0.25) is 5.95 Å². The van der Waals surface area contributed by atoms with Crippen molar-refractivity contribution < 1.29 is 18.7 Å². The SMILES string of the molecule is COC(=O)c1cccc(Nc2nc(C)cc(C(=O)Nc3ccccc3F)n2)c1. The molecule has 0 saturated carbocycles. The van der Waals surface area contributed by atoms with E-state index in [1.165, 1.54) is 31.4 Å². The van der Waals surface area contributed by atoms with Gasteiger partial charge < -0.3 is 15.4 Å². The number of carbonyl (C=O) groups excluding carboxylic acids is 2. The molecule has 1 aromatic heterocycles. The molecular weight excluding hydrogens is 363 g/mol. The molecule has 0 spiro atoms. The Balaban J connectivity index is 1.83. The zero-order valence-corrected chi connectivity index (χ0v) is 15.2. The lowest BCUT2D eigenvalue weighted by molar-refractivity contribution is 0.0600. The first-order valence-electron chi connectivity index (χ1n) is 8.33. The van der Waals surface area contributed by atoms with Crippen LogP contribution in [-0.2, 0) is 4.74 Å². The third kappa shape index (κ3) is 4.47. The molecule has 0 atom stereocenters. The fourth-order valence-corrected chi connectivity index (χ4v) is 2.46. The molecule has 8 heteroatoms. The molecule has 2 aromatic carbocycles. The van der Waals surface area contributed by atoms with Crippen LogP contribution in [0.2, 0.25) is 0 Å². The Bertz CT molecular complexity index is 1040. The second kappa shape index (κ2) is 8.26. The molecule has 142 valence electrons. The molecule has 0 bridgehead atoms. The molecule has 7 nitrogen and oxygen atoms in total. The van der Waals surface area contributed by atoms with E-state index in [0.717, 1.165) is 0 Å². The summed E-state index contributed by atoms with van der Waals surface area (Å²) in [7, 11) is 1.30. The van der Waals surface area contributed by atoms with E-state index in [9.17, 15) is 14.0 Å². The predicted molar refractivity (Wildman–Crippen MR) is 102 cm³/mol. The van der Waals surface area contributed by atoms with Crippen LogP contribution in [0, 0.1) is 12.7 Å². The number of methoxy groups -OCH3 is 1. The van der Waals surface area contributed by atoms with Crippen LogP contribution in [0.3, 0.4) is 0 Å². The zero-order valence-electron chi connectivity index (χ0n) is 15.2. The minimum absolute atomic E-state index is 0.0593. The number of aromatic nitrogens is 2. The maximum atomic E-state index is 13.7. The van der Waals surface area contributed by atoms with E-state index in [1.807, 2.05) is 0 Å². The molecule has 0 unspecified atom stereocenters. The van der Waals surface area contributed by atoms with Gasteiger partial charge in [-0.1, -0.05) is 18.2 Å². The maximum absolute atomic E-state index is 13.7. The lowest BCUT2D eigenvalue weighted by Crippen LogP contribution is -2.16. The quantitative estimate of drug-likeness (QED) is 0.656. The molecule has 0 aliphatic carbocycles. The number of hydrogen-bond donors (Lipinski definition) is 2. The number of para-hydroxylation sites is 1. The van der Waals surface area contributed by atoms with Crippen molar-refractivity contribution in [2.45, 2.75) is 6.92 Å². The second-order valence-electron chi connectivity index (χ2n) is 5.85. The van der Waals surface area contributed by atoms with Crippen LogP contribution in [0.4, 0.5) is 21.7 Å². The van der Waals surface area contributed by atoms with Crippen molar-refractivity contribution in [2.75, 3.05) is 17.7 Å². The summed E-state index contributed by atoms with van der Waals surface area (Å²) in [4.78, 5) is 32.5. The Kier molecular flexibility index (Phi) is 5.59. The minimum atomic E-state index is -0.568. The van der Waals surface area contributed by atoms with E-state index in [0.29, 0.717) is 16.9 Å². The van der Waals surface area contributed by atoms with Gasteiger partial charge in [-0.15, -0.1) is 0 Å². The Morgan fingerprint density at radius 2 is 1.82 bits per heavy atom. The van der Waals surface area contributed by atoms with Crippen LogP contribution in [0.25, 0.3) is 0 Å². The van der Waals surface area contributed by atoms with Crippen molar-refractivity contribution in [2.24, 2.45) is 0 Å². The molecule has 3 rings (SSSR count). The summed E-state index contributed by atoms with van der Waals surface area (Å²) in [6, 6.07) is 13.9. The molecule has 0 fully saturated rings. The summed E-state index contributed by atoms with van der Waals surface area (Å²) in [5.41, 5.74) is 1.58. The van der Waals surface area contributed by atoms with E-state index in [2.05, 4.69) is 20.6 Å². The van der Waals surface area contributed by atoms with Gasteiger partial charge in [-0.05, 0) is 43.3 Å². The van der Waals surface area contributed by atoms with Crippen LogP contribution < -0.4 is 10.6 Å². The summed E-state index contributed by atoms with van der Waals surface area (Å²) in [5.74, 6) is -1.42. The van der Waals surface area contributed by atoms with Crippen LogP contribution >= 0.6 is 0 Å². The van der Waals surface area contributed by atoms with Crippen molar-refractivity contribution >= 4 is 29.2 Å². The van der Waals surface area contributed by atoms with Crippen molar-refractivity contribution in [3.05, 3.63) is 77.4 Å². The molecule has 0 aliphatic heterocycles. The highest BCUT2D eigenvalue weighted by atomic mass is 19.1. The van der Waals surface area contributed by atoms with Gasteiger partial charge in [0.1, 0.15) is 11.5 Å². The first-order valence-corrected chi connectivity index (χ1v) is 8.33. The fourth-order valence-electron chi connectivity index (χ4n) is 2.46. The number of esters is 1. The number of benzene rings is 2. The van der Waals surface area contributed by atoms with Gasteiger partial charge in [0.15, 0.2) is 0 Å². The predicted octanol–water partition coefficient (Wildman–Crippen LogP) is 3.71. The Labute approximate surface area is 160 Å². The first-order chi connectivity index (χ1) is 13.5. The normalized spacial score (nSPS) is 10.2. The number of aryl methyl sites for hydroxylation is 1. The number of nitrogens with zero attached hydrogens (tertiary/aromatic N) is 2. The van der Waals surface area contributed by atoms with E-state index in [4.69, 9.17) is 4.74 Å². The van der Waals surface area contributed by atoms with Gasteiger partial charge in [-0.25, -0.2) is 19.2 Å². The second-order valence-corrected chi connectivity index (χ2v) is 5.85. The lowest BCUT2D eigenvalue weighted by atomic mass is 10.2. The van der Waals surface area contributed by atoms with Crippen LogP contribution in [0.1, 0.15) is 26.5 Å². The van der Waals surface area contributed by atoms with E-state index < -0.39 is 17.7 Å². The molecule has 1 amide bonds. The van der Waals surface area contributed by atoms with E-state index in [-0.39, 0.29) is 17.3 Å². The summed E-state index contributed by atoms with van der Waals surface area (Å²) in [6.07, 6.45) is 0. The van der Waals surface area contributed by atoms with Crippen LogP contribution in [0.5, 0.6) is 0 Å². The molecule has 3 aromatic rings. The number of rotatable bonds is 5. The van der Waals surface area contributed by atoms with Gasteiger partial charge in [-0.2, -0.15) is 0 Å². The summed E-state index contributed by atoms with van der Waals surface area (Å²) in [6.45, 7) is 1.71. The number of halogens is 1. The number of nitrogens with one attached hydrogen (secondary N) is 2. The lowest BCUT2D eigenvalue weighted by Gasteiger charge is -2.10. The zero-order chi connectivity index (χ0) is 20.1. The molecule has 2 N–H and O–H groups in total. The van der Waals surface area contributed by atoms with Gasteiger partial charge in [0.25, 0.3) is 5.91 Å². The third-order valence-corrected chi connectivity index (χ3v) is 3.75. The summed E-state index contributed by atoms with van der Waals surface area (Å²) >= 11 is 0. The third-order valence-electron chi connectivity index (χ3n) is 3.75. The maximum Gasteiger partial charge on any atom is 0.337 e. The average molecular weight is 380 g/mol. The average Bonchev–Trinajstić information content (AvgIpc) is 2.69. The van der Waals surface area contributed by atoms with Gasteiger partial charge in [-0.3, -0.25) is 4.79 Å². The number of anilines is 3. The molecule has 0 aliphatic rings. The molecular formula is C20H17FN4O3. The Morgan fingerprint density at radius 3 is 2.57 bits per heavy atom. The van der Waals surface area contributed by atoms with E-state index in [1.54, 1.807) is 37.3 Å². The van der Waals surface area contributed by atoms with Crippen molar-refractivity contribution in [3.63, 3.8) is 0 Å². The highest BCUT2D eigenvalue weighted by Gasteiger charge is 2.13. The number of ether oxygens (including phenoxy) is 1. The van der Waals surface area contributed by atoms with Gasteiger partial charge in [0, 0.05) is 11.4 Å². The largest absolute Gasteiger partial charge is 0.465 e. The monoisotopic (exact) mass is 380 g/mol. The van der Waals surface area contributed by atoms with Crippen LogP contribution in [0.15, 0.2) is 54.6 Å². The summed E-state index contributed by atoms with van der Waals surface area (Å²) < 4.78 is 18.4. The highest BCUT2D eigenvalue weighted by molar-refractivity contribution is 6.03.